The van der Waals surface area contributed by atoms with Crippen molar-refractivity contribution in [3.05, 3.63) is 30.3 Å². The van der Waals surface area contributed by atoms with Gasteiger partial charge in [0.05, 0.1) is 0 Å². The van der Waals surface area contributed by atoms with Gasteiger partial charge in [0.15, 0.2) is 0 Å². The maximum atomic E-state index is 3.56. The quantitative estimate of drug-likeness (QED) is 0.729. The molecule has 0 heterocycles. The van der Waals surface area contributed by atoms with Crippen molar-refractivity contribution in [3.8, 4) is 0 Å². The first-order valence-electron chi connectivity index (χ1n) is 6.36. The van der Waals surface area contributed by atoms with Gasteiger partial charge in [-0.25, -0.2) is 0 Å². The zero-order valence-corrected chi connectivity index (χ0v) is 12.3. The number of hydrogen-bond acceptors (Lipinski definition) is 2. The molecule has 0 bridgehead atoms. The van der Waals surface area contributed by atoms with Gasteiger partial charge in [0.2, 0.25) is 0 Å². The van der Waals surface area contributed by atoms with Gasteiger partial charge >= 0.3 is 0 Å². The van der Waals surface area contributed by atoms with E-state index < -0.39 is 0 Å². The summed E-state index contributed by atoms with van der Waals surface area (Å²) in [6, 6.07) is 12.0. The average molecular weight is 252 g/mol. The van der Waals surface area contributed by atoms with Crippen LogP contribution >= 0.6 is 7.92 Å². The molecule has 0 saturated heterocycles. The van der Waals surface area contributed by atoms with Crippen molar-refractivity contribution in [1.29, 1.82) is 0 Å². The lowest BCUT2D eigenvalue weighted by Gasteiger charge is -2.22. The van der Waals surface area contributed by atoms with E-state index in [0.29, 0.717) is 12.1 Å². The molecule has 0 spiro atoms. The van der Waals surface area contributed by atoms with Gasteiger partial charge in [-0.05, 0) is 13.2 Å². The van der Waals surface area contributed by atoms with Gasteiger partial charge in [0.1, 0.15) is 0 Å². The number of nitrogens with one attached hydrogen (secondary N) is 2. The van der Waals surface area contributed by atoms with Crippen LogP contribution in [0.1, 0.15) is 27.7 Å². The van der Waals surface area contributed by atoms with Crippen LogP contribution in [0.4, 0.5) is 0 Å². The van der Waals surface area contributed by atoms with E-state index in [1.807, 2.05) is 0 Å². The fourth-order valence-corrected chi connectivity index (χ4v) is 3.70. The van der Waals surface area contributed by atoms with Gasteiger partial charge in [0, 0.05) is 24.7 Å². The monoisotopic (exact) mass is 252 g/mol. The minimum atomic E-state index is -0.143. The van der Waals surface area contributed by atoms with Crippen LogP contribution in [0.3, 0.4) is 0 Å². The fraction of sp³-hybridized carbons (Fsp3) is 0.571. The second-order valence-electron chi connectivity index (χ2n) is 4.91. The lowest BCUT2D eigenvalue weighted by molar-refractivity contribution is 0.637. The Morgan fingerprint density at radius 1 is 0.882 bits per heavy atom. The van der Waals surface area contributed by atoms with E-state index in [1.165, 1.54) is 5.30 Å². The SMILES string of the molecule is CC(C)NCP(CNC(C)C)c1ccccc1. The molecule has 3 heteroatoms. The Balaban J connectivity index is 2.58. The van der Waals surface area contributed by atoms with Crippen LogP contribution in [0, 0.1) is 0 Å². The summed E-state index contributed by atoms with van der Waals surface area (Å²) in [6.45, 7) is 8.81. The van der Waals surface area contributed by atoms with Crippen molar-refractivity contribution in [1.82, 2.24) is 10.6 Å². The summed E-state index contributed by atoms with van der Waals surface area (Å²) in [7, 11) is -0.143. The van der Waals surface area contributed by atoms with Crippen LogP contribution < -0.4 is 15.9 Å². The van der Waals surface area contributed by atoms with E-state index in [1.54, 1.807) is 0 Å². The van der Waals surface area contributed by atoms with Crippen molar-refractivity contribution in [2.75, 3.05) is 12.6 Å². The highest BCUT2D eigenvalue weighted by atomic mass is 31.1. The number of hydrogen-bond donors (Lipinski definition) is 2. The van der Waals surface area contributed by atoms with Gasteiger partial charge < -0.3 is 10.6 Å². The van der Waals surface area contributed by atoms with Gasteiger partial charge in [-0.2, -0.15) is 0 Å². The molecule has 2 N–H and O–H groups in total. The molecule has 2 nitrogen and oxygen atoms in total. The molecule has 1 aromatic rings. The molecule has 0 radical (unpaired) electrons. The summed E-state index contributed by atoms with van der Waals surface area (Å²) in [6.07, 6.45) is 2.19. The van der Waals surface area contributed by atoms with Crippen molar-refractivity contribution < 1.29 is 0 Å². The Labute approximate surface area is 107 Å². The second kappa shape index (κ2) is 7.81. The van der Waals surface area contributed by atoms with E-state index >= 15 is 0 Å². The molecule has 0 aromatic heterocycles. The van der Waals surface area contributed by atoms with Gasteiger partial charge in [-0.1, -0.05) is 58.0 Å². The third-order valence-corrected chi connectivity index (χ3v) is 4.66. The van der Waals surface area contributed by atoms with Crippen LogP contribution in [0.25, 0.3) is 0 Å². The van der Waals surface area contributed by atoms with Crippen LogP contribution in [0.15, 0.2) is 30.3 Å². The van der Waals surface area contributed by atoms with Crippen LogP contribution in [-0.2, 0) is 0 Å². The number of benzene rings is 1. The normalized spacial score (nSPS) is 11.7. The highest BCUT2D eigenvalue weighted by Crippen LogP contribution is 2.31. The Morgan fingerprint density at radius 3 is 1.76 bits per heavy atom. The standard InChI is InChI=1S/C14H25N2P/c1-12(2)15-10-17(11-16-13(3)4)14-8-6-5-7-9-14/h5-9,12-13,15-16H,10-11H2,1-4H3. The minimum absolute atomic E-state index is 0.143. The summed E-state index contributed by atoms with van der Waals surface area (Å²) in [5.41, 5.74) is 0. The van der Waals surface area contributed by atoms with Crippen molar-refractivity contribution in [2.45, 2.75) is 39.8 Å². The fourth-order valence-electron chi connectivity index (χ4n) is 1.46. The molecule has 0 unspecified atom stereocenters. The van der Waals surface area contributed by atoms with Gasteiger partial charge in [-0.3, -0.25) is 0 Å². The lowest BCUT2D eigenvalue weighted by Crippen LogP contribution is -2.30. The van der Waals surface area contributed by atoms with E-state index in [-0.39, 0.29) is 7.92 Å². The molecule has 17 heavy (non-hydrogen) atoms. The smallest absolute Gasteiger partial charge is 0.0210 e. The summed E-state index contributed by atoms with van der Waals surface area (Å²) >= 11 is 0. The van der Waals surface area contributed by atoms with Gasteiger partial charge in [0.25, 0.3) is 0 Å². The Kier molecular flexibility index (Phi) is 6.72. The Morgan fingerprint density at radius 2 is 1.35 bits per heavy atom. The average Bonchev–Trinajstić information content (AvgIpc) is 2.29. The third-order valence-electron chi connectivity index (χ3n) is 2.50. The maximum Gasteiger partial charge on any atom is 0.0210 e. The molecular weight excluding hydrogens is 227 g/mol. The first kappa shape index (κ1) is 14.6. The third kappa shape index (κ3) is 6.16. The van der Waals surface area contributed by atoms with E-state index in [4.69, 9.17) is 0 Å². The highest BCUT2D eigenvalue weighted by molar-refractivity contribution is 7.65. The molecule has 0 aliphatic carbocycles. The molecule has 0 amide bonds. The van der Waals surface area contributed by atoms with Crippen LogP contribution in [-0.4, -0.2) is 24.7 Å². The Hall–Kier alpha value is -0.430. The van der Waals surface area contributed by atoms with Crippen LogP contribution in [0.2, 0.25) is 0 Å². The van der Waals surface area contributed by atoms with Crippen LogP contribution in [0.5, 0.6) is 0 Å². The Bertz CT molecular complexity index is 286. The zero-order chi connectivity index (χ0) is 12.7. The molecule has 0 saturated carbocycles. The lowest BCUT2D eigenvalue weighted by atomic mass is 10.4. The molecule has 0 fully saturated rings. The topological polar surface area (TPSA) is 24.1 Å². The van der Waals surface area contributed by atoms with Gasteiger partial charge in [-0.15, -0.1) is 0 Å². The van der Waals surface area contributed by atoms with E-state index in [0.717, 1.165) is 12.6 Å². The second-order valence-corrected chi connectivity index (χ2v) is 7.14. The minimum Gasteiger partial charge on any atom is -0.310 e. The highest BCUT2D eigenvalue weighted by Gasteiger charge is 2.11. The first-order valence-corrected chi connectivity index (χ1v) is 8.07. The summed E-state index contributed by atoms with van der Waals surface area (Å²) in [5, 5.41) is 8.59. The largest absolute Gasteiger partial charge is 0.310 e. The molecule has 0 aliphatic rings. The molecular formula is C14H25N2P. The van der Waals surface area contributed by atoms with Crippen molar-refractivity contribution in [3.63, 3.8) is 0 Å². The van der Waals surface area contributed by atoms with Crippen molar-refractivity contribution >= 4 is 13.2 Å². The summed E-state index contributed by atoms with van der Waals surface area (Å²) in [5.74, 6) is 0. The first-order chi connectivity index (χ1) is 8.09. The summed E-state index contributed by atoms with van der Waals surface area (Å²) < 4.78 is 0. The molecule has 1 rings (SSSR count). The maximum absolute atomic E-state index is 3.56. The van der Waals surface area contributed by atoms with E-state index in [9.17, 15) is 0 Å². The van der Waals surface area contributed by atoms with E-state index in [2.05, 4.69) is 68.7 Å². The zero-order valence-electron chi connectivity index (χ0n) is 11.4. The molecule has 0 atom stereocenters. The molecule has 1 aromatic carbocycles. The molecule has 0 aliphatic heterocycles. The van der Waals surface area contributed by atoms with Crippen molar-refractivity contribution in [2.24, 2.45) is 0 Å². The number of rotatable bonds is 7. The summed E-state index contributed by atoms with van der Waals surface area (Å²) in [4.78, 5) is 0. The predicted octanol–water partition coefficient (Wildman–Crippen LogP) is 2.70. The molecule has 96 valence electrons. The predicted molar refractivity (Wildman–Crippen MR) is 79.3 cm³/mol.